The smallest absolute Gasteiger partial charge is 0.326 e. The average Bonchev–Trinajstić information content (AvgIpc) is 2.64. The summed E-state index contributed by atoms with van der Waals surface area (Å²) in [7, 11) is 0. The van der Waals surface area contributed by atoms with Crippen LogP contribution in [0.4, 0.5) is 19.3 Å². The van der Waals surface area contributed by atoms with Crippen molar-refractivity contribution in [3.05, 3.63) is 82.0 Å². The van der Waals surface area contributed by atoms with Gasteiger partial charge in [-0.3, -0.25) is 10.1 Å². The standard InChI is InChI=1S/C19H11Cl2F2N3O3/c20-10-7-13(21)18(24-9-10)29-12-4-1-3-11(8-12)25-19(28)26-17(27)16-14(22)5-2-6-15(16)23/h1-9H,(H2,25,26,27,28). The number of urea groups is 1. The average molecular weight is 438 g/mol. The molecule has 10 heteroatoms. The number of hydrogen-bond donors (Lipinski definition) is 2. The van der Waals surface area contributed by atoms with Gasteiger partial charge < -0.3 is 10.1 Å². The lowest BCUT2D eigenvalue weighted by Gasteiger charge is -2.10. The number of imide groups is 1. The molecule has 0 aliphatic carbocycles. The van der Waals surface area contributed by atoms with Crippen molar-refractivity contribution >= 4 is 40.8 Å². The fourth-order valence-corrected chi connectivity index (χ4v) is 2.69. The zero-order valence-corrected chi connectivity index (χ0v) is 15.9. The van der Waals surface area contributed by atoms with Crippen LogP contribution in [-0.4, -0.2) is 16.9 Å². The molecule has 3 amide bonds. The molecule has 29 heavy (non-hydrogen) atoms. The number of pyridine rings is 1. The number of benzene rings is 2. The molecule has 2 N–H and O–H groups in total. The monoisotopic (exact) mass is 437 g/mol. The van der Waals surface area contributed by atoms with E-state index in [1.54, 1.807) is 12.1 Å². The predicted octanol–water partition coefficient (Wildman–Crippen LogP) is 5.42. The van der Waals surface area contributed by atoms with E-state index in [1.165, 1.54) is 24.4 Å². The number of amides is 3. The van der Waals surface area contributed by atoms with Crippen molar-refractivity contribution in [1.29, 1.82) is 0 Å². The molecule has 1 aromatic heterocycles. The SMILES string of the molecule is O=C(NC(=O)c1c(F)cccc1F)Nc1cccc(Oc2ncc(Cl)cc2Cl)c1. The zero-order valence-electron chi connectivity index (χ0n) is 14.4. The van der Waals surface area contributed by atoms with Gasteiger partial charge in [-0.2, -0.15) is 0 Å². The molecule has 3 rings (SSSR count). The van der Waals surface area contributed by atoms with E-state index in [4.69, 9.17) is 27.9 Å². The molecule has 0 atom stereocenters. The Labute approximate surface area is 173 Å². The first kappa shape index (κ1) is 20.5. The minimum atomic E-state index is -1.22. The Morgan fingerprint density at radius 1 is 1.00 bits per heavy atom. The number of carbonyl (C=O) groups excluding carboxylic acids is 2. The molecule has 0 saturated carbocycles. The molecule has 2 aromatic carbocycles. The number of carbonyl (C=O) groups is 2. The minimum Gasteiger partial charge on any atom is -0.437 e. The highest BCUT2D eigenvalue weighted by atomic mass is 35.5. The molecule has 0 saturated heterocycles. The highest BCUT2D eigenvalue weighted by molar-refractivity contribution is 6.35. The lowest BCUT2D eigenvalue weighted by atomic mass is 10.2. The van der Waals surface area contributed by atoms with Gasteiger partial charge in [-0.1, -0.05) is 35.3 Å². The molecule has 0 aliphatic rings. The van der Waals surface area contributed by atoms with Crippen LogP contribution in [0.25, 0.3) is 0 Å². The van der Waals surface area contributed by atoms with Gasteiger partial charge in [0.05, 0.1) is 5.02 Å². The summed E-state index contributed by atoms with van der Waals surface area (Å²) in [6.07, 6.45) is 1.35. The van der Waals surface area contributed by atoms with Crippen molar-refractivity contribution in [3.63, 3.8) is 0 Å². The van der Waals surface area contributed by atoms with Gasteiger partial charge in [-0.05, 0) is 30.3 Å². The molecule has 0 fully saturated rings. The van der Waals surface area contributed by atoms with Crippen molar-refractivity contribution < 1.29 is 23.1 Å². The van der Waals surface area contributed by atoms with E-state index in [9.17, 15) is 18.4 Å². The highest BCUT2D eigenvalue weighted by Gasteiger charge is 2.19. The van der Waals surface area contributed by atoms with E-state index in [-0.39, 0.29) is 22.3 Å². The summed E-state index contributed by atoms with van der Waals surface area (Å²) >= 11 is 11.8. The van der Waals surface area contributed by atoms with Crippen LogP contribution in [0, 0.1) is 11.6 Å². The largest absolute Gasteiger partial charge is 0.437 e. The second kappa shape index (κ2) is 8.85. The van der Waals surface area contributed by atoms with Crippen molar-refractivity contribution in [2.45, 2.75) is 0 Å². The zero-order chi connectivity index (χ0) is 21.0. The van der Waals surface area contributed by atoms with E-state index in [1.807, 2.05) is 5.32 Å². The molecule has 0 bridgehead atoms. The molecular weight excluding hydrogens is 427 g/mol. The van der Waals surface area contributed by atoms with Gasteiger partial charge in [0.2, 0.25) is 5.88 Å². The first-order valence-electron chi connectivity index (χ1n) is 7.99. The van der Waals surface area contributed by atoms with E-state index in [0.29, 0.717) is 5.02 Å². The number of anilines is 1. The maximum atomic E-state index is 13.6. The number of ether oxygens (including phenoxy) is 1. The van der Waals surface area contributed by atoms with Crippen LogP contribution in [-0.2, 0) is 0 Å². The second-order valence-electron chi connectivity index (χ2n) is 5.58. The van der Waals surface area contributed by atoms with Gasteiger partial charge in [0.1, 0.15) is 28.0 Å². The summed E-state index contributed by atoms with van der Waals surface area (Å²) < 4.78 is 32.8. The van der Waals surface area contributed by atoms with Gasteiger partial charge in [-0.25, -0.2) is 18.6 Å². The maximum Gasteiger partial charge on any atom is 0.326 e. The molecule has 0 radical (unpaired) electrons. The predicted molar refractivity (Wildman–Crippen MR) is 104 cm³/mol. The van der Waals surface area contributed by atoms with Crippen LogP contribution >= 0.6 is 23.2 Å². The number of aromatic nitrogens is 1. The lowest BCUT2D eigenvalue weighted by molar-refractivity contribution is 0.0959. The van der Waals surface area contributed by atoms with Crippen molar-refractivity contribution in [2.75, 3.05) is 5.32 Å². The normalized spacial score (nSPS) is 10.3. The number of nitrogens with one attached hydrogen (secondary N) is 2. The van der Waals surface area contributed by atoms with Gasteiger partial charge >= 0.3 is 6.03 Å². The quantitative estimate of drug-likeness (QED) is 0.570. The van der Waals surface area contributed by atoms with Crippen molar-refractivity contribution in [2.24, 2.45) is 0 Å². The molecular formula is C19H11Cl2F2N3O3. The van der Waals surface area contributed by atoms with Crippen LogP contribution in [0.1, 0.15) is 10.4 Å². The molecule has 0 spiro atoms. The van der Waals surface area contributed by atoms with E-state index >= 15 is 0 Å². The number of hydrogen-bond acceptors (Lipinski definition) is 4. The first-order valence-corrected chi connectivity index (χ1v) is 8.74. The molecule has 0 aliphatic heterocycles. The summed E-state index contributed by atoms with van der Waals surface area (Å²) in [5, 5.41) is 4.74. The van der Waals surface area contributed by atoms with Gasteiger partial charge in [-0.15, -0.1) is 0 Å². The van der Waals surface area contributed by atoms with Crippen LogP contribution in [0.5, 0.6) is 11.6 Å². The van der Waals surface area contributed by atoms with Crippen LogP contribution in [0.15, 0.2) is 54.7 Å². The number of nitrogens with zero attached hydrogens (tertiary/aromatic N) is 1. The third-order valence-corrected chi connectivity index (χ3v) is 3.97. The fraction of sp³-hybridized carbons (Fsp3) is 0. The molecule has 1 heterocycles. The molecule has 0 unspecified atom stereocenters. The van der Waals surface area contributed by atoms with E-state index in [0.717, 1.165) is 18.2 Å². The Kier molecular flexibility index (Phi) is 6.26. The van der Waals surface area contributed by atoms with Gasteiger partial charge in [0.25, 0.3) is 5.91 Å². The topological polar surface area (TPSA) is 80.3 Å². The summed E-state index contributed by atoms with van der Waals surface area (Å²) in [5.41, 5.74) is -0.616. The third-order valence-electron chi connectivity index (χ3n) is 3.50. The molecule has 3 aromatic rings. The Morgan fingerprint density at radius 3 is 2.38 bits per heavy atom. The summed E-state index contributed by atoms with van der Waals surface area (Å²) in [4.78, 5) is 27.9. The Hall–Kier alpha value is -3.23. The fourth-order valence-electron chi connectivity index (χ4n) is 2.27. The molecule has 148 valence electrons. The Morgan fingerprint density at radius 2 is 1.69 bits per heavy atom. The maximum absolute atomic E-state index is 13.6. The second-order valence-corrected chi connectivity index (χ2v) is 6.42. The lowest BCUT2D eigenvalue weighted by Crippen LogP contribution is -2.35. The van der Waals surface area contributed by atoms with Gasteiger partial charge in [0, 0.05) is 18.0 Å². The van der Waals surface area contributed by atoms with Crippen molar-refractivity contribution in [3.8, 4) is 11.6 Å². The van der Waals surface area contributed by atoms with Crippen LogP contribution in [0.3, 0.4) is 0 Å². The summed E-state index contributed by atoms with van der Waals surface area (Å²) in [5.74, 6) is -3.01. The minimum absolute atomic E-state index is 0.0999. The Balaban J connectivity index is 1.68. The summed E-state index contributed by atoms with van der Waals surface area (Å²) in [6.45, 7) is 0. The summed E-state index contributed by atoms with van der Waals surface area (Å²) in [6, 6.07) is 9.47. The van der Waals surface area contributed by atoms with Crippen LogP contribution < -0.4 is 15.4 Å². The Bertz CT molecular complexity index is 1080. The third kappa shape index (κ3) is 5.18. The first-order chi connectivity index (χ1) is 13.8. The number of halogens is 4. The highest BCUT2D eigenvalue weighted by Crippen LogP contribution is 2.30. The van der Waals surface area contributed by atoms with Gasteiger partial charge in [0.15, 0.2) is 0 Å². The van der Waals surface area contributed by atoms with E-state index < -0.39 is 29.1 Å². The van der Waals surface area contributed by atoms with E-state index in [2.05, 4.69) is 10.3 Å². The van der Waals surface area contributed by atoms with Crippen LogP contribution in [0.2, 0.25) is 10.0 Å². The van der Waals surface area contributed by atoms with Crippen molar-refractivity contribution in [1.82, 2.24) is 10.3 Å². The number of rotatable bonds is 4. The molecule has 6 nitrogen and oxygen atoms in total.